The van der Waals surface area contributed by atoms with Crippen molar-refractivity contribution < 1.29 is 27.3 Å². The van der Waals surface area contributed by atoms with Crippen LogP contribution in [0.5, 0.6) is 0 Å². The third-order valence-electron chi connectivity index (χ3n) is 7.89. The third kappa shape index (κ3) is 7.23. The monoisotopic (exact) mass is 622 g/mol. The molecule has 1 unspecified atom stereocenters. The molecule has 3 N–H and O–H groups in total. The summed E-state index contributed by atoms with van der Waals surface area (Å²) < 4.78 is 42.4. The van der Waals surface area contributed by atoms with E-state index < -0.39 is 45.8 Å². The lowest BCUT2D eigenvalue weighted by molar-refractivity contribution is -0.122. The number of hydrogen-bond donors (Lipinski definition) is 3. The van der Waals surface area contributed by atoms with Crippen LogP contribution in [0.3, 0.4) is 0 Å². The van der Waals surface area contributed by atoms with Crippen LogP contribution in [0.2, 0.25) is 0 Å². The molecule has 0 bridgehead atoms. The Kier molecular flexibility index (Phi) is 9.43. The Morgan fingerprint density at radius 2 is 1.50 bits per heavy atom. The van der Waals surface area contributed by atoms with Gasteiger partial charge in [0.05, 0.1) is 27.7 Å². The van der Waals surface area contributed by atoms with E-state index in [1.807, 2.05) is 47.6 Å². The number of carbonyl (C=O) groups is 2. The van der Waals surface area contributed by atoms with Crippen molar-refractivity contribution in [2.75, 3.05) is 10.0 Å². The zero-order chi connectivity index (χ0) is 32.4. The highest BCUT2D eigenvalue weighted by Crippen LogP contribution is 2.38. The quantitative estimate of drug-likeness (QED) is 0.290. The Bertz CT molecular complexity index is 1670. The van der Waals surface area contributed by atoms with Crippen molar-refractivity contribution in [3.05, 3.63) is 77.1 Å². The second kappa shape index (κ2) is 12.6. The van der Waals surface area contributed by atoms with E-state index in [1.165, 1.54) is 41.8 Å². The van der Waals surface area contributed by atoms with Crippen LogP contribution in [0.15, 0.2) is 76.4 Å². The first-order valence-electron chi connectivity index (χ1n) is 14.4. The molecular formula is C31H39BN4O7S. The number of aromatic nitrogens is 1. The van der Waals surface area contributed by atoms with Crippen molar-refractivity contribution in [3.63, 3.8) is 0 Å². The summed E-state index contributed by atoms with van der Waals surface area (Å²) in [5.74, 6) is -1.33. The summed E-state index contributed by atoms with van der Waals surface area (Å²) in [4.78, 5) is 38.5. The van der Waals surface area contributed by atoms with Gasteiger partial charge < -0.3 is 19.9 Å². The number of sulfonamides is 1. The van der Waals surface area contributed by atoms with E-state index in [4.69, 9.17) is 9.31 Å². The Morgan fingerprint density at radius 1 is 0.909 bits per heavy atom. The third-order valence-corrected chi connectivity index (χ3v) is 9.27. The Morgan fingerprint density at radius 3 is 2.05 bits per heavy atom. The number of amides is 2. The Balaban J connectivity index is 1.64. The van der Waals surface area contributed by atoms with Gasteiger partial charge in [0.25, 0.3) is 15.6 Å². The lowest BCUT2D eigenvalue weighted by Gasteiger charge is -2.32. The van der Waals surface area contributed by atoms with E-state index >= 15 is 0 Å². The molecule has 1 aromatic heterocycles. The summed E-state index contributed by atoms with van der Waals surface area (Å²) in [5, 5.41) is 5.56. The number of pyridine rings is 1. The number of nitrogens with one attached hydrogen (secondary N) is 3. The number of benzene rings is 2. The number of anilines is 2. The fourth-order valence-electron chi connectivity index (χ4n) is 4.76. The number of hydrogen-bond acceptors (Lipinski definition) is 7. The fraction of sp³-hybridized carbons (Fsp3) is 0.387. The zero-order valence-electron chi connectivity index (χ0n) is 26.0. The number of carbonyl (C=O) groups excluding carboxylic acids is 2. The minimum atomic E-state index is -4.18. The molecule has 1 fully saturated rings. The molecule has 3 aromatic rings. The smallest absolute Gasteiger partial charge is 0.402 e. The lowest BCUT2D eigenvalue weighted by atomic mass is 9.72. The normalized spacial score (nSPS) is 16.4. The van der Waals surface area contributed by atoms with Gasteiger partial charge in [0, 0.05) is 12.6 Å². The SMILES string of the molecule is CC(=O)Nc1ccc(S(=O)(=O)Nc2ccc(-c3ccccc3)n(CC(=O)NC(B3OC(C)(C)C(C)(C)O3)C(C)C)c2=O)cc1. The van der Waals surface area contributed by atoms with Crippen LogP contribution in [-0.2, 0) is 35.5 Å². The first kappa shape index (κ1) is 33.0. The van der Waals surface area contributed by atoms with E-state index in [-0.39, 0.29) is 29.0 Å². The van der Waals surface area contributed by atoms with Gasteiger partial charge in [-0.15, -0.1) is 0 Å². The number of nitrogens with zero attached hydrogens (tertiary/aromatic N) is 1. The molecule has 13 heteroatoms. The van der Waals surface area contributed by atoms with Gasteiger partial charge in [-0.3, -0.25) is 23.7 Å². The van der Waals surface area contributed by atoms with E-state index in [9.17, 15) is 22.8 Å². The lowest BCUT2D eigenvalue weighted by Crippen LogP contribution is -2.52. The molecule has 2 aromatic carbocycles. The largest absolute Gasteiger partial charge is 0.482 e. The van der Waals surface area contributed by atoms with Gasteiger partial charge in [-0.2, -0.15) is 0 Å². The molecule has 4 rings (SSSR count). The summed E-state index contributed by atoms with van der Waals surface area (Å²) in [5.41, 5.74) is -0.577. The molecule has 0 saturated carbocycles. The predicted molar refractivity (Wildman–Crippen MR) is 171 cm³/mol. The second-order valence-electron chi connectivity index (χ2n) is 12.2. The van der Waals surface area contributed by atoms with Crippen molar-refractivity contribution in [3.8, 4) is 11.3 Å². The van der Waals surface area contributed by atoms with Crippen LogP contribution in [0.25, 0.3) is 11.3 Å². The van der Waals surface area contributed by atoms with E-state index in [0.717, 1.165) is 0 Å². The van der Waals surface area contributed by atoms with Crippen LogP contribution in [0.1, 0.15) is 48.5 Å². The molecule has 44 heavy (non-hydrogen) atoms. The van der Waals surface area contributed by atoms with Crippen molar-refractivity contribution in [2.45, 2.75) is 77.0 Å². The van der Waals surface area contributed by atoms with Gasteiger partial charge in [-0.1, -0.05) is 44.2 Å². The Hall–Kier alpha value is -3.94. The Labute approximate surface area is 258 Å². The molecule has 2 amide bonds. The molecule has 0 radical (unpaired) electrons. The summed E-state index contributed by atoms with van der Waals surface area (Å²) in [7, 11) is -4.88. The molecule has 2 heterocycles. The molecule has 1 saturated heterocycles. The minimum Gasteiger partial charge on any atom is -0.402 e. The average Bonchev–Trinajstić information content (AvgIpc) is 3.15. The number of rotatable bonds is 10. The van der Waals surface area contributed by atoms with Crippen molar-refractivity contribution >= 4 is 40.3 Å². The van der Waals surface area contributed by atoms with Gasteiger partial charge in [0.1, 0.15) is 12.2 Å². The summed E-state index contributed by atoms with van der Waals surface area (Å²) >= 11 is 0. The van der Waals surface area contributed by atoms with Crippen LogP contribution in [0, 0.1) is 5.92 Å². The highest BCUT2D eigenvalue weighted by atomic mass is 32.2. The first-order valence-corrected chi connectivity index (χ1v) is 15.8. The maximum absolute atomic E-state index is 13.8. The maximum atomic E-state index is 13.8. The highest BCUT2D eigenvalue weighted by molar-refractivity contribution is 7.92. The van der Waals surface area contributed by atoms with Crippen LogP contribution < -0.4 is 20.9 Å². The maximum Gasteiger partial charge on any atom is 0.482 e. The molecule has 11 nitrogen and oxygen atoms in total. The average molecular weight is 623 g/mol. The standard InChI is InChI=1S/C31H39BN4O7S/c1-20(2)28(32-42-30(4,5)31(6,7)43-32)34-27(38)19-36-26(22-11-9-8-10-12-22)18-17-25(29(36)39)35-44(40,41)24-15-13-23(14-16-24)33-21(3)37/h8-18,20,28,35H,19H2,1-7H3,(H,33,37)(H,34,38). The van der Waals surface area contributed by atoms with Gasteiger partial charge in [0.15, 0.2) is 0 Å². The van der Waals surface area contributed by atoms with E-state index in [1.54, 1.807) is 30.3 Å². The van der Waals surface area contributed by atoms with Crippen molar-refractivity contribution in [2.24, 2.45) is 5.92 Å². The predicted octanol–water partition coefficient (Wildman–Crippen LogP) is 4.05. The first-order chi connectivity index (χ1) is 20.5. The summed E-state index contributed by atoms with van der Waals surface area (Å²) in [6, 6.07) is 17.5. The van der Waals surface area contributed by atoms with Crippen molar-refractivity contribution in [1.82, 2.24) is 9.88 Å². The molecular weight excluding hydrogens is 583 g/mol. The van der Waals surface area contributed by atoms with Crippen LogP contribution >= 0.6 is 0 Å². The van der Waals surface area contributed by atoms with E-state index in [2.05, 4.69) is 15.4 Å². The van der Waals surface area contributed by atoms with Gasteiger partial charge in [0.2, 0.25) is 11.8 Å². The zero-order valence-corrected chi connectivity index (χ0v) is 26.8. The molecule has 0 aliphatic carbocycles. The van der Waals surface area contributed by atoms with Crippen LogP contribution in [-0.4, -0.2) is 49.1 Å². The summed E-state index contributed by atoms with van der Waals surface area (Å²) in [6.45, 7) is 12.6. The summed E-state index contributed by atoms with van der Waals surface area (Å²) in [6.07, 6.45) is 0. The topological polar surface area (TPSA) is 145 Å². The molecule has 1 aliphatic rings. The fourth-order valence-corrected chi connectivity index (χ4v) is 5.81. The van der Waals surface area contributed by atoms with Gasteiger partial charge in [-0.05, 0) is 75.6 Å². The highest BCUT2D eigenvalue weighted by Gasteiger charge is 2.54. The molecule has 1 atom stereocenters. The van der Waals surface area contributed by atoms with Gasteiger partial charge >= 0.3 is 7.12 Å². The van der Waals surface area contributed by atoms with Crippen molar-refractivity contribution in [1.29, 1.82) is 0 Å². The van der Waals surface area contributed by atoms with Gasteiger partial charge in [-0.25, -0.2) is 8.42 Å². The minimum absolute atomic E-state index is 0.0610. The molecule has 234 valence electrons. The van der Waals surface area contributed by atoms with E-state index in [0.29, 0.717) is 16.9 Å². The second-order valence-corrected chi connectivity index (χ2v) is 13.8. The molecule has 0 spiro atoms. The molecule has 1 aliphatic heterocycles. The van der Waals surface area contributed by atoms with Crippen LogP contribution in [0.4, 0.5) is 11.4 Å².